The number of amides is 2. The standard InChI is InChI=1S/C21H33N3O2/c1-16(2)14-17(3)20(25)23-10-12-24(13-11-23)21(26)19-9-7-6-8-18(19)15-22(4)5/h6-9,16-17H,10-15H2,1-5H3. The third-order valence-electron chi connectivity index (χ3n) is 4.86. The van der Waals surface area contributed by atoms with E-state index in [4.69, 9.17) is 0 Å². The molecule has 1 aliphatic heterocycles. The summed E-state index contributed by atoms with van der Waals surface area (Å²) in [5.74, 6) is 0.867. The van der Waals surface area contributed by atoms with Gasteiger partial charge in [0.15, 0.2) is 0 Å². The molecule has 0 spiro atoms. The highest BCUT2D eigenvalue weighted by atomic mass is 16.2. The van der Waals surface area contributed by atoms with Gasteiger partial charge in [-0.2, -0.15) is 0 Å². The Morgan fingerprint density at radius 1 is 1.00 bits per heavy atom. The van der Waals surface area contributed by atoms with E-state index in [0.29, 0.717) is 32.1 Å². The van der Waals surface area contributed by atoms with Gasteiger partial charge in [-0.05, 0) is 38.1 Å². The van der Waals surface area contributed by atoms with Crippen LogP contribution in [0.2, 0.25) is 0 Å². The van der Waals surface area contributed by atoms with Gasteiger partial charge in [-0.3, -0.25) is 9.59 Å². The Labute approximate surface area is 158 Å². The second-order valence-corrected chi connectivity index (χ2v) is 8.04. The quantitative estimate of drug-likeness (QED) is 0.784. The first-order valence-electron chi connectivity index (χ1n) is 9.60. The Bertz CT molecular complexity index is 619. The molecule has 0 N–H and O–H groups in total. The van der Waals surface area contributed by atoms with Crippen molar-refractivity contribution in [2.45, 2.75) is 33.7 Å². The van der Waals surface area contributed by atoms with Gasteiger partial charge in [0.2, 0.25) is 5.91 Å². The number of hydrogen-bond acceptors (Lipinski definition) is 3. The van der Waals surface area contributed by atoms with Gasteiger partial charge in [0.1, 0.15) is 0 Å². The Morgan fingerprint density at radius 2 is 1.58 bits per heavy atom. The average Bonchev–Trinajstić information content (AvgIpc) is 2.60. The molecule has 2 amide bonds. The zero-order valence-electron chi connectivity index (χ0n) is 16.9. The molecule has 5 nitrogen and oxygen atoms in total. The van der Waals surface area contributed by atoms with Crippen LogP contribution < -0.4 is 0 Å². The molecule has 0 saturated carbocycles. The van der Waals surface area contributed by atoms with Crippen LogP contribution in [0.15, 0.2) is 24.3 Å². The van der Waals surface area contributed by atoms with E-state index in [2.05, 4.69) is 18.7 Å². The van der Waals surface area contributed by atoms with Crippen LogP contribution in [0, 0.1) is 11.8 Å². The van der Waals surface area contributed by atoms with Crippen LogP contribution in [0.4, 0.5) is 0 Å². The second kappa shape index (κ2) is 9.17. The fourth-order valence-electron chi connectivity index (χ4n) is 3.63. The van der Waals surface area contributed by atoms with Crippen molar-refractivity contribution >= 4 is 11.8 Å². The normalized spacial score (nSPS) is 16.3. The minimum Gasteiger partial charge on any atom is -0.339 e. The van der Waals surface area contributed by atoms with Crippen LogP contribution in [0.25, 0.3) is 0 Å². The molecule has 1 atom stereocenters. The van der Waals surface area contributed by atoms with E-state index in [1.165, 1.54) is 0 Å². The van der Waals surface area contributed by atoms with Crippen LogP contribution in [0.1, 0.15) is 43.1 Å². The minimum absolute atomic E-state index is 0.0538. The molecule has 26 heavy (non-hydrogen) atoms. The third-order valence-corrected chi connectivity index (χ3v) is 4.86. The summed E-state index contributed by atoms with van der Waals surface area (Å²) in [6, 6.07) is 7.81. The Morgan fingerprint density at radius 3 is 2.15 bits per heavy atom. The molecule has 2 rings (SSSR count). The van der Waals surface area contributed by atoms with Crippen molar-refractivity contribution in [3.05, 3.63) is 35.4 Å². The van der Waals surface area contributed by atoms with Crippen LogP contribution in [0.3, 0.4) is 0 Å². The Kier molecular flexibility index (Phi) is 7.21. The number of hydrogen-bond donors (Lipinski definition) is 0. The third kappa shape index (κ3) is 5.31. The van der Waals surface area contributed by atoms with E-state index in [1.54, 1.807) is 0 Å². The molecule has 1 aliphatic rings. The monoisotopic (exact) mass is 359 g/mol. The average molecular weight is 360 g/mol. The smallest absolute Gasteiger partial charge is 0.254 e. The highest BCUT2D eigenvalue weighted by molar-refractivity contribution is 5.96. The van der Waals surface area contributed by atoms with Crippen molar-refractivity contribution in [3.8, 4) is 0 Å². The predicted molar refractivity (Wildman–Crippen MR) is 105 cm³/mol. The van der Waals surface area contributed by atoms with Crippen LogP contribution in [-0.2, 0) is 11.3 Å². The summed E-state index contributed by atoms with van der Waals surface area (Å²) in [5.41, 5.74) is 1.82. The summed E-state index contributed by atoms with van der Waals surface area (Å²) in [6.45, 7) is 9.51. The van der Waals surface area contributed by atoms with E-state index in [9.17, 15) is 9.59 Å². The lowest BCUT2D eigenvalue weighted by Gasteiger charge is -2.36. The number of carbonyl (C=O) groups is 2. The molecule has 144 valence electrons. The topological polar surface area (TPSA) is 43.9 Å². The summed E-state index contributed by atoms with van der Waals surface area (Å²) >= 11 is 0. The van der Waals surface area contributed by atoms with Gasteiger partial charge < -0.3 is 14.7 Å². The molecule has 0 radical (unpaired) electrons. The van der Waals surface area contributed by atoms with Gasteiger partial charge in [0.25, 0.3) is 5.91 Å². The number of nitrogens with zero attached hydrogens (tertiary/aromatic N) is 3. The van der Waals surface area contributed by atoms with Gasteiger partial charge in [0, 0.05) is 44.2 Å². The maximum atomic E-state index is 13.0. The minimum atomic E-state index is 0.0538. The molecule has 0 bridgehead atoms. The molecular formula is C21H33N3O2. The highest BCUT2D eigenvalue weighted by Crippen LogP contribution is 2.18. The molecule has 0 aromatic heterocycles. The lowest BCUT2D eigenvalue weighted by atomic mass is 9.97. The van der Waals surface area contributed by atoms with E-state index < -0.39 is 0 Å². The maximum Gasteiger partial charge on any atom is 0.254 e. The SMILES string of the molecule is CC(C)CC(C)C(=O)N1CCN(C(=O)c2ccccc2CN(C)C)CC1. The maximum absolute atomic E-state index is 13.0. The summed E-state index contributed by atoms with van der Waals surface area (Å²) in [6.07, 6.45) is 0.913. The van der Waals surface area contributed by atoms with E-state index in [1.807, 2.05) is 55.1 Å². The molecule has 1 aromatic carbocycles. The van der Waals surface area contributed by atoms with E-state index in [-0.39, 0.29) is 17.7 Å². The molecule has 1 fully saturated rings. The number of benzene rings is 1. The summed E-state index contributed by atoms with van der Waals surface area (Å²) < 4.78 is 0. The number of piperazine rings is 1. The first-order valence-corrected chi connectivity index (χ1v) is 9.60. The van der Waals surface area contributed by atoms with Crippen LogP contribution in [-0.4, -0.2) is 66.8 Å². The summed E-state index contributed by atoms with van der Waals surface area (Å²) in [7, 11) is 4.01. The second-order valence-electron chi connectivity index (χ2n) is 8.04. The van der Waals surface area contributed by atoms with Crippen LogP contribution >= 0.6 is 0 Å². The van der Waals surface area contributed by atoms with E-state index in [0.717, 1.165) is 24.1 Å². The Balaban J connectivity index is 1.98. The van der Waals surface area contributed by atoms with Gasteiger partial charge in [-0.25, -0.2) is 0 Å². The van der Waals surface area contributed by atoms with Gasteiger partial charge in [0.05, 0.1) is 0 Å². The highest BCUT2D eigenvalue weighted by Gasteiger charge is 2.28. The van der Waals surface area contributed by atoms with Crippen molar-refractivity contribution in [2.75, 3.05) is 40.3 Å². The van der Waals surface area contributed by atoms with Crippen molar-refractivity contribution in [1.82, 2.24) is 14.7 Å². The van der Waals surface area contributed by atoms with Gasteiger partial charge >= 0.3 is 0 Å². The largest absolute Gasteiger partial charge is 0.339 e. The Hall–Kier alpha value is -1.88. The van der Waals surface area contributed by atoms with Crippen molar-refractivity contribution in [1.29, 1.82) is 0 Å². The number of rotatable bonds is 6. The summed E-state index contributed by atoms with van der Waals surface area (Å²) in [4.78, 5) is 31.4. The van der Waals surface area contributed by atoms with Crippen molar-refractivity contribution < 1.29 is 9.59 Å². The van der Waals surface area contributed by atoms with Crippen molar-refractivity contribution in [3.63, 3.8) is 0 Å². The molecular weight excluding hydrogens is 326 g/mol. The fourth-order valence-corrected chi connectivity index (χ4v) is 3.63. The first-order chi connectivity index (χ1) is 12.3. The molecule has 1 saturated heterocycles. The molecule has 0 aliphatic carbocycles. The molecule has 1 aromatic rings. The lowest BCUT2D eigenvalue weighted by molar-refractivity contribution is -0.137. The zero-order valence-corrected chi connectivity index (χ0v) is 16.9. The van der Waals surface area contributed by atoms with Crippen LogP contribution in [0.5, 0.6) is 0 Å². The van der Waals surface area contributed by atoms with Gasteiger partial charge in [-0.1, -0.05) is 39.0 Å². The molecule has 5 heteroatoms. The lowest BCUT2D eigenvalue weighted by Crippen LogP contribution is -2.52. The van der Waals surface area contributed by atoms with Gasteiger partial charge in [-0.15, -0.1) is 0 Å². The van der Waals surface area contributed by atoms with Crippen molar-refractivity contribution in [2.24, 2.45) is 11.8 Å². The fraction of sp³-hybridized carbons (Fsp3) is 0.619. The predicted octanol–water partition coefficient (Wildman–Crippen LogP) is 2.71. The molecule has 1 heterocycles. The van der Waals surface area contributed by atoms with E-state index >= 15 is 0 Å². The zero-order chi connectivity index (χ0) is 19.3. The first kappa shape index (κ1) is 20.4. The summed E-state index contributed by atoms with van der Waals surface area (Å²) in [5, 5.41) is 0. The molecule has 1 unspecified atom stereocenters. The number of carbonyl (C=O) groups excluding carboxylic acids is 2.